The summed E-state index contributed by atoms with van der Waals surface area (Å²) in [7, 11) is 0. The number of phenolic OH excluding ortho intramolecular Hbond substituents is 2. The summed E-state index contributed by atoms with van der Waals surface area (Å²) in [6.45, 7) is 28.2. The lowest BCUT2D eigenvalue weighted by Crippen LogP contribution is -2.16. The zero-order valence-corrected chi connectivity index (χ0v) is 56.2. The Labute approximate surface area is 550 Å². The number of nitrogens with zero attached hydrogens (tertiary/aromatic N) is 6. The van der Waals surface area contributed by atoms with Gasteiger partial charge in [-0.2, -0.15) is 0 Å². The minimum absolute atomic E-state index is 0.150. The van der Waals surface area contributed by atoms with Gasteiger partial charge < -0.3 is 19.7 Å². The molecule has 1 aliphatic rings. The van der Waals surface area contributed by atoms with Gasteiger partial charge in [0.15, 0.2) is 0 Å². The van der Waals surface area contributed by atoms with E-state index in [4.69, 9.17) is 30.1 Å². The van der Waals surface area contributed by atoms with E-state index in [-0.39, 0.29) is 46.4 Å². The molecule has 2 N–H and O–H groups in total. The molecular formula is C84H82N6O4. The summed E-state index contributed by atoms with van der Waals surface area (Å²) >= 11 is 0. The quantitative estimate of drug-likeness (QED) is 0.130. The van der Waals surface area contributed by atoms with Crippen molar-refractivity contribution in [2.45, 2.75) is 157 Å². The largest absolute Gasteiger partial charge is 0.507 e. The summed E-state index contributed by atoms with van der Waals surface area (Å²) < 4.78 is 18.3. The van der Waals surface area contributed by atoms with Crippen molar-refractivity contribution in [2.24, 2.45) is 0 Å². The van der Waals surface area contributed by atoms with E-state index < -0.39 is 0 Å². The molecule has 0 fully saturated rings. The van der Waals surface area contributed by atoms with Crippen LogP contribution < -0.4 is 9.47 Å². The fraction of sp³-hybridized carbons (Fsp3) is 0.286. The molecule has 10 heteroatoms. The first-order valence-corrected chi connectivity index (χ1v) is 33.2. The fourth-order valence-electron chi connectivity index (χ4n) is 14.5. The number of aromatic nitrogens is 6. The number of ether oxygens (including phenoxy) is 2. The van der Waals surface area contributed by atoms with E-state index in [2.05, 4.69) is 241 Å². The van der Waals surface area contributed by atoms with E-state index in [1.165, 1.54) is 64.6 Å². The van der Waals surface area contributed by atoms with E-state index in [0.29, 0.717) is 61.7 Å². The normalized spacial score (nSPS) is 13.4. The number of hydrogen-bond donors (Lipinski definition) is 2. The molecule has 10 nitrogen and oxygen atoms in total. The molecule has 12 aromatic carbocycles. The molecule has 0 aliphatic heterocycles. The van der Waals surface area contributed by atoms with Crippen molar-refractivity contribution in [1.82, 2.24) is 30.0 Å². The van der Waals surface area contributed by atoms with Crippen LogP contribution in [-0.2, 0) is 73.6 Å². The maximum atomic E-state index is 13.1. The van der Waals surface area contributed by atoms with Gasteiger partial charge in [0.2, 0.25) is 0 Å². The van der Waals surface area contributed by atoms with Gasteiger partial charge in [-0.25, -0.2) is 9.36 Å². The van der Waals surface area contributed by atoms with Gasteiger partial charge in [-0.15, -0.1) is 10.2 Å². The third kappa shape index (κ3) is 11.2. The molecule has 15 rings (SSSR count). The second-order valence-electron chi connectivity index (χ2n) is 30.8. The van der Waals surface area contributed by atoms with E-state index in [1.54, 1.807) is 0 Å². The van der Waals surface area contributed by atoms with Crippen molar-refractivity contribution in [3.05, 3.63) is 259 Å². The molecule has 8 bridgehead atoms. The highest BCUT2D eigenvalue weighted by Gasteiger charge is 2.30. The predicted molar refractivity (Wildman–Crippen MR) is 382 cm³/mol. The first-order valence-electron chi connectivity index (χ1n) is 33.2. The first kappa shape index (κ1) is 60.4. The average molecular weight is 1240 g/mol. The van der Waals surface area contributed by atoms with Crippen LogP contribution >= 0.6 is 0 Å². The number of aromatic hydroxyl groups is 2. The van der Waals surface area contributed by atoms with Gasteiger partial charge in [-0.05, 0) is 164 Å². The third-order valence-corrected chi connectivity index (χ3v) is 19.8. The highest BCUT2D eigenvalue weighted by Crippen LogP contribution is 2.46. The van der Waals surface area contributed by atoms with Crippen LogP contribution in [0.3, 0.4) is 0 Å². The fourth-order valence-corrected chi connectivity index (χ4v) is 14.5. The Morgan fingerprint density at radius 3 is 0.936 bits per heavy atom. The lowest BCUT2D eigenvalue weighted by atomic mass is 9.79. The number of benzene rings is 12. The molecule has 0 unspecified atom stereocenters. The van der Waals surface area contributed by atoms with Crippen LogP contribution in [0.4, 0.5) is 0 Å². The number of hydrogen-bond acceptors (Lipinski definition) is 8. The minimum atomic E-state index is -0.272. The Morgan fingerprint density at radius 2 is 0.628 bits per heavy atom. The van der Waals surface area contributed by atoms with Gasteiger partial charge in [0.25, 0.3) is 0 Å². The lowest BCUT2D eigenvalue weighted by Gasteiger charge is -2.28. The minimum Gasteiger partial charge on any atom is -0.507 e. The summed E-state index contributed by atoms with van der Waals surface area (Å²) in [5.41, 5.74) is 14.0. The Balaban J connectivity index is 0.823. The molecule has 14 aromatic rings. The zero-order chi connectivity index (χ0) is 65.3. The van der Waals surface area contributed by atoms with Crippen LogP contribution in [0.15, 0.2) is 170 Å². The van der Waals surface area contributed by atoms with Crippen molar-refractivity contribution in [3.8, 4) is 23.0 Å². The van der Waals surface area contributed by atoms with Crippen molar-refractivity contribution in [2.75, 3.05) is 0 Å². The monoisotopic (exact) mass is 1240 g/mol. The highest BCUT2D eigenvalue weighted by molar-refractivity contribution is 6.24. The maximum absolute atomic E-state index is 13.1. The average Bonchev–Trinajstić information content (AvgIpc) is 0.796. The van der Waals surface area contributed by atoms with E-state index >= 15 is 0 Å². The summed E-state index contributed by atoms with van der Waals surface area (Å²) in [4.78, 5) is 0. The Hall–Kier alpha value is -9.80. The van der Waals surface area contributed by atoms with Crippen LogP contribution in [0, 0.1) is 0 Å². The molecule has 472 valence electrons. The van der Waals surface area contributed by atoms with Crippen molar-refractivity contribution in [3.63, 3.8) is 0 Å². The van der Waals surface area contributed by atoms with Gasteiger partial charge in [-0.1, -0.05) is 251 Å². The standard InChI is InChI=1S/C84H82N6O4/c1-81(2,3)65-35-57-31-61-39-67(83(7,8)9)41-63(79(61)93-47-69-45-89(87-85-69)43-55-25-23-53-21-19-49-15-13-17-51-27-29-71(55)75(53)73(49)51)33-59-37-66(82(4,5)6)38-60(78(59)92)34-64-42-68(84(10,11)12)40-62(32-58(36-65)77(57)91)80(64)94-48-70-46-90(88-86-70)44-56-26-24-54-22-20-50-16-14-18-52-28-30-72(56)76(54)74(50)52/h13-30,35-42,45-46,91-92H,31-34,43-44,47-48H2,1-12H3. The van der Waals surface area contributed by atoms with Gasteiger partial charge in [0.1, 0.15) is 47.6 Å². The second-order valence-corrected chi connectivity index (χ2v) is 30.8. The summed E-state index contributed by atoms with van der Waals surface area (Å²) in [5.74, 6) is 1.89. The number of rotatable bonds is 10. The Morgan fingerprint density at radius 1 is 0.351 bits per heavy atom. The Bertz CT molecular complexity index is 4830. The van der Waals surface area contributed by atoms with Crippen LogP contribution in [0.5, 0.6) is 23.0 Å². The first-order chi connectivity index (χ1) is 44.8. The van der Waals surface area contributed by atoms with Gasteiger partial charge in [-0.3, -0.25) is 0 Å². The summed E-state index contributed by atoms with van der Waals surface area (Å²) in [6.07, 6.45) is 5.47. The highest BCUT2D eigenvalue weighted by atomic mass is 16.5. The predicted octanol–water partition coefficient (Wildman–Crippen LogP) is 19.2. The molecule has 0 saturated heterocycles. The smallest absolute Gasteiger partial charge is 0.134 e. The summed E-state index contributed by atoms with van der Waals surface area (Å²) in [5, 5.41) is 60.0. The number of fused-ring (bicyclic) bond motifs is 8. The van der Waals surface area contributed by atoms with Gasteiger partial charge in [0.05, 0.1) is 25.5 Å². The molecular weight excluding hydrogens is 1160 g/mol. The van der Waals surface area contributed by atoms with Crippen molar-refractivity contribution >= 4 is 64.6 Å². The van der Waals surface area contributed by atoms with Gasteiger partial charge >= 0.3 is 0 Å². The van der Waals surface area contributed by atoms with E-state index in [9.17, 15) is 10.2 Å². The van der Waals surface area contributed by atoms with Crippen molar-refractivity contribution in [1.29, 1.82) is 0 Å². The topological polar surface area (TPSA) is 120 Å². The van der Waals surface area contributed by atoms with Crippen LogP contribution in [0.1, 0.15) is 172 Å². The van der Waals surface area contributed by atoms with E-state index in [1.807, 2.05) is 21.8 Å². The zero-order valence-electron chi connectivity index (χ0n) is 56.2. The second kappa shape index (κ2) is 22.5. The SMILES string of the molecule is CC(C)(C)c1cc2c(O)c(c1)Cc1cc(C(C)(C)C)cc(c1OCc1cn(Cc3ccc4ccc5cccc6ccc3c4c56)nn1)Cc1cc(C(C)(C)C)cc(c1O)Cc1cc(C(C)(C)C)cc(c1OCc1cn(Cc3ccc4ccc5cccc6ccc3c4c56)nn1)C2. The number of phenols is 2. The molecule has 0 atom stereocenters. The lowest BCUT2D eigenvalue weighted by molar-refractivity contribution is 0.295. The van der Waals surface area contributed by atoms with Crippen molar-refractivity contribution < 1.29 is 19.7 Å². The molecule has 2 heterocycles. The van der Waals surface area contributed by atoms with Crippen LogP contribution in [0.25, 0.3) is 64.6 Å². The molecule has 0 saturated carbocycles. The third-order valence-electron chi connectivity index (χ3n) is 19.8. The molecule has 0 radical (unpaired) electrons. The summed E-state index contributed by atoms with van der Waals surface area (Å²) in [6, 6.07) is 57.5. The molecule has 1 aliphatic carbocycles. The van der Waals surface area contributed by atoms with E-state index in [0.717, 1.165) is 77.9 Å². The van der Waals surface area contributed by atoms with Crippen LogP contribution in [-0.4, -0.2) is 40.2 Å². The molecule has 0 spiro atoms. The molecule has 94 heavy (non-hydrogen) atoms. The molecule has 2 aromatic heterocycles. The Kier molecular flexibility index (Phi) is 14.4. The maximum Gasteiger partial charge on any atom is 0.134 e. The van der Waals surface area contributed by atoms with Crippen LogP contribution in [0.2, 0.25) is 0 Å². The van der Waals surface area contributed by atoms with Gasteiger partial charge in [0, 0.05) is 25.7 Å². The molecule has 0 amide bonds.